The highest BCUT2D eigenvalue weighted by Gasteiger charge is 2.27. The predicted octanol–water partition coefficient (Wildman–Crippen LogP) is 3.25. The number of rotatable bonds is 4. The molecule has 25 heavy (non-hydrogen) atoms. The quantitative estimate of drug-likeness (QED) is 0.378. The molecule has 134 valence electrons. The molecule has 0 amide bonds. The van der Waals surface area contributed by atoms with E-state index in [1.165, 1.54) is 0 Å². The summed E-state index contributed by atoms with van der Waals surface area (Å²) in [5.74, 6) is 1.03. The third-order valence-electron chi connectivity index (χ3n) is 4.65. The van der Waals surface area contributed by atoms with Gasteiger partial charge in [-0.2, -0.15) is 0 Å². The predicted molar refractivity (Wildman–Crippen MR) is 103 cm³/mol. The number of hydrogen-bond acceptors (Lipinski definition) is 3. The Morgan fingerprint density at radius 1 is 1.04 bits per heavy atom. The largest absolute Gasteiger partial charge is 0.426 e. The van der Waals surface area contributed by atoms with Crippen LogP contribution in [0, 0.1) is 11.8 Å². The molecule has 1 aliphatic carbocycles. The number of nitrogens with two attached hydrogens (primary N) is 2. The number of guanidine groups is 1. The van der Waals surface area contributed by atoms with E-state index in [9.17, 15) is 4.79 Å². The molecule has 0 aromatic heterocycles. The van der Waals surface area contributed by atoms with Gasteiger partial charge in [0.2, 0.25) is 0 Å². The van der Waals surface area contributed by atoms with Gasteiger partial charge in [-0.3, -0.25) is 9.79 Å². The number of nitrogens with zero attached hydrogens (tertiary/aromatic N) is 1. The molecule has 2 aromatic rings. The van der Waals surface area contributed by atoms with Gasteiger partial charge < -0.3 is 16.2 Å². The van der Waals surface area contributed by atoms with Crippen LogP contribution in [-0.2, 0) is 4.79 Å². The van der Waals surface area contributed by atoms with E-state index >= 15 is 0 Å². The molecule has 0 saturated heterocycles. The summed E-state index contributed by atoms with van der Waals surface area (Å²) in [4.78, 5) is 16.5. The molecule has 2 aromatic carbocycles. The van der Waals surface area contributed by atoms with Crippen molar-refractivity contribution in [2.45, 2.75) is 25.7 Å². The zero-order chi connectivity index (χ0) is 16.9. The van der Waals surface area contributed by atoms with E-state index in [4.69, 9.17) is 16.2 Å². The van der Waals surface area contributed by atoms with Gasteiger partial charge >= 0.3 is 5.97 Å². The molecule has 3 rings (SSSR count). The minimum absolute atomic E-state index is 0. The lowest BCUT2D eigenvalue weighted by atomic mass is 9.82. The monoisotopic (exact) mass is 361 g/mol. The van der Waals surface area contributed by atoms with E-state index in [2.05, 4.69) is 4.99 Å². The number of esters is 1. The van der Waals surface area contributed by atoms with Crippen molar-refractivity contribution < 1.29 is 9.53 Å². The number of carbonyl (C=O) groups is 1. The number of ether oxygens (including phenoxy) is 1. The second kappa shape index (κ2) is 8.72. The zero-order valence-electron chi connectivity index (χ0n) is 14.1. The minimum Gasteiger partial charge on any atom is -0.426 e. The van der Waals surface area contributed by atoms with E-state index in [0.29, 0.717) is 18.2 Å². The van der Waals surface area contributed by atoms with E-state index in [0.717, 1.165) is 36.5 Å². The van der Waals surface area contributed by atoms with Crippen molar-refractivity contribution in [1.29, 1.82) is 0 Å². The molecule has 0 spiro atoms. The molecule has 5 nitrogen and oxygen atoms in total. The fraction of sp³-hybridized carbons (Fsp3) is 0.368. The first-order valence-corrected chi connectivity index (χ1v) is 8.37. The summed E-state index contributed by atoms with van der Waals surface area (Å²) in [5, 5.41) is 2.21. The van der Waals surface area contributed by atoms with Gasteiger partial charge in [-0.1, -0.05) is 30.3 Å². The molecular weight excluding hydrogens is 338 g/mol. The topological polar surface area (TPSA) is 90.7 Å². The van der Waals surface area contributed by atoms with Crippen LogP contribution in [0.3, 0.4) is 0 Å². The van der Waals surface area contributed by atoms with Crippen molar-refractivity contribution in [2.75, 3.05) is 6.54 Å². The molecule has 0 unspecified atom stereocenters. The van der Waals surface area contributed by atoms with Gasteiger partial charge in [-0.05, 0) is 54.5 Å². The van der Waals surface area contributed by atoms with E-state index in [1.807, 2.05) is 42.5 Å². The van der Waals surface area contributed by atoms with Crippen molar-refractivity contribution in [1.82, 2.24) is 0 Å². The Labute approximate surface area is 153 Å². The molecule has 0 aliphatic heterocycles. The Bertz CT molecular complexity index is 751. The molecule has 1 fully saturated rings. The highest BCUT2D eigenvalue weighted by atomic mass is 35.5. The highest BCUT2D eigenvalue weighted by molar-refractivity contribution is 5.85. The second-order valence-corrected chi connectivity index (χ2v) is 6.41. The van der Waals surface area contributed by atoms with Crippen LogP contribution in [0.2, 0.25) is 0 Å². The Kier molecular flexibility index (Phi) is 6.65. The van der Waals surface area contributed by atoms with Crippen LogP contribution in [0.1, 0.15) is 25.7 Å². The van der Waals surface area contributed by atoms with Gasteiger partial charge in [0.05, 0.1) is 5.92 Å². The number of hydrogen-bond donors (Lipinski definition) is 2. The third-order valence-corrected chi connectivity index (χ3v) is 4.65. The minimum atomic E-state index is -0.134. The maximum Gasteiger partial charge on any atom is 0.314 e. The SMILES string of the molecule is Cl.NC(N)=NCC1CCC(C(=O)Oc2ccc3ccccc3c2)CC1. The third kappa shape index (κ3) is 5.10. The molecule has 0 heterocycles. The molecule has 0 bridgehead atoms. The van der Waals surface area contributed by atoms with Crippen LogP contribution < -0.4 is 16.2 Å². The zero-order valence-corrected chi connectivity index (χ0v) is 14.9. The number of halogens is 1. The van der Waals surface area contributed by atoms with Gasteiger partial charge in [-0.15, -0.1) is 12.4 Å². The first kappa shape index (κ1) is 19.1. The van der Waals surface area contributed by atoms with Gasteiger partial charge in [0.1, 0.15) is 5.75 Å². The average Bonchev–Trinajstić information content (AvgIpc) is 2.60. The average molecular weight is 362 g/mol. The second-order valence-electron chi connectivity index (χ2n) is 6.41. The molecule has 4 N–H and O–H groups in total. The lowest BCUT2D eigenvalue weighted by molar-refractivity contribution is -0.140. The van der Waals surface area contributed by atoms with Crippen LogP contribution in [0.5, 0.6) is 5.75 Å². The number of carbonyl (C=O) groups excluding carboxylic acids is 1. The normalized spacial score (nSPS) is 19.7. The maximum absolute atomic E-state index is 12.4. The summed E-state index contributed by atoms with van der Waals surface area (Å²) in [6.45, 7) is 0.648. The Morgan fingerprint density at radius 3 is 2.40 bits per heavy atom. The van der Waals surface area contributed by atoms with Gasteiger partial charge in [0, 0.05) is 6.54 Å². The Hall–Kier alpha value is -2.27. The van der Waals surface area contributed by atoms with Crippen LogP contribution in [0.25, 0.3) is 10.8 Å². The van der Waals surface area contributed by atoms with Crippen LogP contribution >= 0.6 is 12.4 Å². The number of benzene rings is 2. The van der Waals surface area contributed by atoms with Crippen LogP contribution in [0.4, 0.5) is 0 Å². The lowest BCUT2D eigenvalue weighted by Crippen LogP contribution is -2.28. The van der Waals surface area contributed by atoms with Gasteiger partial charge in [0.15, 0.2) is 5.96 Å². The molecular formula is C19H24ClN3O2. The fourth-order valence-corrected chi connectivity index (χ4v) is 3.25. The standard InChI is InChI=1S/C19H23N3O2.ClH/c20-19(21)22-12-13-5-7-15(8-6-13)18(23)24-17-10-9-14-3-1-2-4-16(14)11-17;/h1-4,9-11,13,15H,5-8,12H2,(H4,20,21,22);1H. The van der Waals surface area contributed by atoms with Crippen molar-refractivity contribution >= 4 is 35.1 Å². The maximum atomic E-state index is 12.4. The fourth-order valence-electron chi connectivity index (χ4n) is 3.25. The lowest BCUT2D eigenvalue weighted by Gasteiger charge is -2.26. The van der Waals surface area contributed by atoms with E-state index in [1.54, 1.807) is 0 Å². The van der Waals surface area contributed by atoms with Crippen LogP contribution in [-0.4, -0.2) is 18.5 Å². The van der Waals surface area contributed by atoms with Crippen molar-refractivity contribution in [2.24, 2.45) is 28.3 Å². The van der Waals surface area contributed by atoms with E-state index in [-0.39, 0.29) is 30.3 Å². The first-order valence-electron chi connectivity index (χ1n) is 8.37. The summed E-state index contributed by atoms with van der Waals surface area (Å²) in [7, 11) is 0. The first-order chi connectivity index (χ1) is 11.6. The summed E-state index contributed by atoms with van der Waals surface area (Å²) < 4.78 is 5.59. The summed E-state index contributed by atoms with van der Waals surface area (Å²) >= 11 is 0. The summed E-state index contributed by atoms with van der Waals surface area (Å²) in [5.41, 5.74) is 10.7. The van der Waals surface area contributed by atoms with Crippen LogP contribution in [0.15, 0.2) is 47.5 Å². The molecule has 1 saturated carbocycles. The summed E-state index contributed by atoms with van der Waals surface area (Å²) in [6, 6.07) is 13.8. The Morgan fingerprint density at radius 2 is 1.72 bits per heavy atom. The summed E-state index contributed by atoms with van der Waals surface area (Å²) in [6.07, 6.45) is 3.57. The Balaban J connectivity index is 0.00000225. The van der Waals surface area contributed by atoms with Gasteiger partial charge in [-0.25, -0.2) is 0 Å². The smallest absolute Gasteiger partial charge is 0.314 e. The molecule has 0 radical (unpaired) electrons. The van der Waals surface area contributed by atoms with E-state index < -0.39 is 0 Å². The molecule has 0 atom stereocenters. The highest BCUT2D eigenvalue weighted by Crippen LogP contribution is 2.30. The van der Waals surface area contributed by atoms with Crippen molar-refractivity contribution in [3.05, 3.63) is 42.5 Å². The number of aliphatic imine (C=N–C) groups is 1. The molecule has 1 aliphatic rings. The van der Waals surface area contributed by atoms with Crippen molar-refractivity contribution in [3.63, 3.8) is 0 Å². The number of fused-ring (bicyclic) bond motifs is 1. The van der Waals surface area contributed by atoms with Gasteiger partial charge in [0.25, 0.3) is 0 Å². The molecule has 6 heteroatoms. The van der Waals surface area contributed by atoms with Crippen molar-refractivity contribution in [3.8, 4) is 5.75 Å².